The maximum absolute atomic E-state index is 5.90. The molecular formula is C17H22N2. The minimum atomic E-state index is 0.447. The van der Waals surface area contributed by atoms with Crippen LogP contribution in [0, 0.1) is 6.92 Å². The number of nitrogens with zero attached hydrogens (tertiary/aromatic N) is 1. The summed E-state index contributed by atoms with van der Waals surface area (Å²) in [5, 5.41) is 0. The molecule has 0 heterocycles. The van der Waals surface area contributed by atoms with E-state index < -0.39 is 0 Å². The van der Waals surface area contributed by atoms with Crippen LogP contribution in [0.15, 0.2) is 48.5 Å². The number of hydrogen-bond acceptors (Lipinski definition) is 2. The Morgan fingerprint density at radius 3 is 2.32 bits per heavy atom. The maximum Gasteiger partial charge on any atom is 0.0432 e. The van der Waals surface area contributed by atoms with Gasteiger partial charge >= 0.3 is 0 Å². The third-order valence-corrected chi connectivity index (χ3v) is 3.40. The number of anilines is 2. The minimum Gasteiger partial charge on any atom is -0.399 e. The van der Waals surface area contributed by atoms with E-state index in [1.165, 1.54) is 11.3 Å². The summed E-state index contributed by atoms with van der Waals surface area (Å²) in [7, 11) is 0. The number of nitrogens with two attached hydrogens (primary N) is 1. The van der Waals surface area contributed by atoms with Crippen LogP contribution in [0.1, 0.15) is 25.0 Å². The summed E-state index contributed by atoms with van der Waals surface area (Å²) >= 11 is 0. The van der Waals surface area contributed by atoms with E-state index in [4.69, 9.17) is 5.73 Å². The third-order valence-electron chi connectivity index (χ3n) is 3.40. The molecule has 2 aromatic carbocycles. The molecular weight excluding hydrogens is 232 g/mol. The fourth-order valence-corrected chi connectivity index (χ4v) is 2.19. The van der Waals surface area contributed by atoms with Gasteiger partial charge in [-0.25, -0.2) is 0 Å². The molecule has 0 saturated heterocycles. The highest BCUT2D eigenvalue weighted by Crippen LogP contribution is 2.24. The second kappa shape index (κ2) is 5.79. The van der Waals surface area contributed by atoms with E-state index in [9.17, 15) is 0 Å². The predicted molar refractivity (Wildman–Crippen MR) is 83.4 cm³/mol. The Morgan fingerprint density at radius 2 is 1.74 bits per heavy atom. The van der Waals surface area contributed by atoms with Crippen LogP contribution in [-0.4, -0.2) is 6.04 Å². The first kappa shape index (κ1) is 13.5. The molecule has 0 atom stereocenters. The van der Waals surface area contributed by atoms with Crippen molar-refractivity contribution in [3.05, 3.63) is 59.7 Å². The van der Waals surface area contributed by atoms with Crippen molar-refractivity contribution < 1.29 is 0 Å². The summed E-state index contributed by atoms with van der Waals surface area (Å²) in [6, 6.07) is 17.3. The molecule has 0 radical (unpaired) electrons. The van der Waals surface area contributed by atoms with Crippen LogP contribution in [-0.2, 0) is 6.54 Å². The highest BCUT2D eigenvalue weighted by molar-refractivity contribution is 5.58. The van der Waals surface area contributed by atoms with Gasteiger partial charge in [-0.05, 0) is 50.1 Å². The van der Waals surface area contributed by atoms with Crippen LogP contribution in [0.5, 0.6) is 0 Å². The fraction of sp³-hybridized carbons (Fsp3) is 0.294. The molecule has 2 aromatic rings. The van der Waals surface area contributed by atoms with E-state index in [-0.39, 0.29) is 0 Å². The second-order valence-electron chi connectivity index (χ2n) is 5.25. The average molecular weight is 254 g/mol. The SMILES string of the molecule is Cc1cc(N(Cc2ccccc2)C(C)C)ccc1N. The Kier molecular flexibility index (Phi) is 4.10. The summed E-state index contributed by atoms with van der Waals surface area (Å²) in [4.78, 5) is 2.39. The lowest BCUT2D eigenvalue weighted by Crippen LogP contribution is -2.30. The van der Waals surface area contributed by atoms with Crippen LogP contribution in [0.25, 0.3) is 0 Å². The Morgan fingerprint density at radius 1 is 1.05 bits per heavy atom. The topological polar surface area (TPSA) is 29.3 Å². The van der Waals surface area contributed by atoms with Gasteiger partial charge in [-0.15, -0.1) is 0 Å². The largest absolute Gasteiger partial charge is 0.399 e. The van der Waals surface area contributed by atoms with Crippen molar-refractivity contribution in [3.63, 3.8) is 0 Å². The number of rotatable bonds is 4. The van der Waals surface area contributed by atoms with Gasteiger partial charge in [-0.1, -0.05) is 30.3 Å². The normalized spacial score (nSPS) is 10.7. The van der Waals surface area contributed by atoms with E-state index in [2.05, 4.69) is 68.1 Å². The zero-order valence-electron chi connectivity index (χ0n) is 11.9. The number of hydrogen-bond donors (Lipinski definition) is 1. The molecule has 100 valence electrons. The first-order valence-electron chi connectivity index (χ1n) is 6.74. The number of benzene rings is 2. The van der Waals surface area contributed by atoms with E-state index in [0.717, 1.165) is 17.8 Å². The lowest BCUT2D eigenvalue weighted by molar-refractivity contribution is 0.682. The molecule has 0 aliphatic carbocycles. The van der Waals surface area contributed by atoms with Crippen LogP contribution in [0.3, 0.4) is 0 Å². The molecule has 0 unspecified atom stereocenters. The lowest BCUT2D eigenvalue weighted by Gasteiger charge is -2.29. The first-order chi connectivity index (χ1) is 9.08. The molecule has 2 N–H and O–H groups in total. The summed E-state index contributed by atoms with van der Waals surface area (Å²) in [6.45, 7) is 7.41. The van der Waals surface area contributed by atoms with E-state index >= 15 is 0 Å². The molecule has 0 fully saturated rings. The van der Waals surface area contributed by atoms with Crippen LogP contribution < -0.4 is 10.6 Å². The summed E-state index contributed by atoms with van der Waals surface area (Å²) in [5.41, 5.74) is 10.4. The van der Waals surface area contributed by atoms with Gasteiger partial charge in [0.1, 0.15) is 0 Å². The molecule has 19 heavy (non-hydrogen) atoms. The van der Waals surface area contributed by atoms with Crippen LogP contribution in [0.2, 0.25) is 0 Å². The van der Waals surface area contributed by atoms with Gasteiger partial charge in [-0.2, -0.15) is 0 Å². The molecule has 0 aliphatic rings. The Labute approximate surface area is 115 Å². The standard InChI is InChI=1S/C17H22N2/c1-13(2)19(12-15-7-5-4-6-8-15)16-9-10-17(18)14(3)11-16/h4-11,13H,12,18H2,1-3H3. The van der Waals surface area contributed by atoms with Gasteiger partial charge in [0.05, 0.1) is 0 Å². The molecule has 2 nitrogen and oxygen atoms in total. The van der Waals surface area contributed by atoms with Crippen molar-refractivity contribution >= 4 is 11.4 Å². The quantitative estimate of drug-likeness (QED) is 0.836. The van der Waals surface area contributed by atoms with Gasteiger partial charge < -0.3 is 10.6 Å². The first-order valence-corrected chi connectivity index (χ1v) is 6.74. The molecule has 2 rings (SSSR count). The molecule has 0 bridgehead atoms. The average Bonchev–Trinajstić information content (AvgIpc) is 2.40. The smallest absolute Gasteiger partial charge is 0.0432 e. The van der Waals surface area contributed by atoms with Gasteiger partial charge in [-0.3, -0.25) is 0 Å². The van der Waals surface area contributed by atoms with Crippen molar-refractivity contribution in [2.24, 2.45) is 0 Å². The Bertz CT molecular complexity index is 532. The molecule has 0 amide bonds. The minimum absolute atomic E-state index is 0.447. The van der Waals surface area contributed by atoms with E-state index in [0.29, 0.717) is 6.04 Å². The summed E-state index contributed by atoms with van der Waals surface area (Å²) < 4.78 is 0. The molecule has 0 aliphatic heterocycles. The van der Waals surface area contributed by atoms with Gasteiger partial charge in [0.2, 0.25) is 0 Å². The zero-order valence-corrected chi connectivity index (χ0v) is 11.9. The van der Waals surface area contributed by atoms with Crippen molar-refractivity contribution in [1.29, 1.82) is 0 Å². The second-order valence-corrected chi connectivity index (χ2v) is 5.25. The lowest BCUT2D eigenvalue weighted by atomic mass is 10.1. The molecule has 2 heteroatoms. The predicted octanol–water partition coefficient (Wildman–Crippen LogP) is 3.99. The van der Waals surface area contributed by atoms with E-state index in [1.807, 2.05) is 6.07 Å². The van der Waals surface area contributed by atoms with Crippen molar-refractivity contribution in [1.82, 2.24) is 0 Å². The summed E-state index contributed by atoms with van der Waals surface area (Å²) in [5.74, 6) is 0. The van der Waals surface area contributed by atoms with E-state index in [1.54, 1.807) is 0 Å². The molecule has 0 saturated carbocycles. The van der Waals surface area contributed by atoms with Gasteiger partial charge in [0, 0.05) is 24.0 Å². The Hall–Kier alpha value is -1.96. The molecule has 0 spiro atoms. The highest BCUT2D eigenvalue weighted by Gasteiger charge is 2.11. The zero-order chi connectivity index (χ0) is 13.8. The van der Waals surface area contributed by atoms with Crippen LogP contribution >= 0.6 is 0 Å². The molecule has 0 aromatic heterocycles. The van der Waals surface area contributed by atoms with Crippen molar-refractivity contribution in [2.45, 2.75) is 33.4 Å². The van der Waals surface area contributed by atoms with Crippen molar-refractivity contribution in [2.75, 3.05) is 10.6 Å². The highest BCUT2D eigenvalue weighted by atomic mass is 15.1. The number of nitrogen functional groups attached to an aromatic ring is 1. The Balaban J connectivity index is 2.27. The summed E-state index contributed by atoms with van der Waals surface area (Å²) in [6.07, 6.45) is 0. The maximum atomic E-state index is 5.90. The van der Waals surface area contributed by atoms with Crippen LogP contribution in [0.4, 0.5) is 11.4 Å². The van der Waals surface area contributed by atoms with Gasteiger partial charge in [0.25, 0.3) is 0 Å². The van der Waals surface area contributed by atoms with Gasteiger partial charge in [0.15, 0.2) is 0 Å². The third kappa shape index (κ3) is 3.28. The fourth-order valence-electron chi connectivity index (χ4n) is 2.19. The number of aryl methyl sites for hydroxylation is 1. The monoisotopic (exact) mass is 254 g/mol. The van der Waals surface area contributed by atoms with Crippen molar-refractivity contribution in [3.8, 4) is 0 Å².